The number of carbonyl (C=O) groups excluding carboxylic acids is 1. The van der Waals surface area contributed by atoms with Crippen LogP contribution >= 0.6 is 23.1 Å². The molecule has 1 aromatic heterocycles. The van der Waals surface area contributed by atoms with Crippen molar-refractivity contribution in [2.24, 2.45) is 0 Å². The van der Waals surface area contributed by atoms with Crippen molar-refractivity contribution in [3.63, 3.8) is 0 Å². The maximum Gasteiger partial charge on any atom is 0.237 e. The third-order valence-electron chi connectivity index (χ3n) is 4.69. The fraction of sp³-hybridized carbons (Fsp3) is 0.318. The zero-order valence-corrected chi connectivity index (χ0v) is 18.8. The van der Waals surface area contributed by atoms with Crippen LogP contribution in [0, 0.1) is 0 Å². The fourth-order valence-electron chi connectivity index (χ4n) is 2.96. The number of hydrogen-bond donors (Lipinski definition) is 1. The SMILES string of the molecule is CC(Sc1nnc(N2CCOCC2)s1)C(=O)Nc1ccc(OCc2ccccc2)cc1. The lowest BCUT2D eigenvalue weighted by Gasteiger charge is -2.25. The summed E-state index contributed by atoms with van der Waals surface area (Å²) >= 11 is 2.93. The van der Waals surface area contributed by atoms with E-state index in [9.17, 15) is 4.79 Å². The molecule has 162 valence electrons. The molecule has 0 aliphatic carbocycles. The van der Waals surface area contributed by atoms with Gasteiger partial charge in [0.25, 0.3) is 0 Å². The number of nitrogens with one attached hydrogen (secondary N) is 1. The van der Waals surface area contributed by atoms with E-state index in [0.717, 1.165) is 39.6 Å². The minimum Gasteiger partial charge on any atom is -0.489 e. The molecule has 0 spiro atoms. The van der Waals surface area contributed by atoms with E-state index in [4.69, 9.17) is 9.47 Å². The van der Waals surface area contributed by atoms with E-state index in [-0.39, 0.29) is 11.2 Å². The zero-order valence-electron chi connectivity index (χ0n) is 17.2. The van der Waals surface area contributed by atoms with Gasteiger partial charge in [0.05, 0.1) is 18.5 Å². The number of morpholine rings is 1. The number of anilines is 2. The van der Waals surface area contributed by atoms with E-state index in [0.29, 0.717) is 19.8 Å². The van der Waals surface area contributed by atoms with Gasteiger partial charge in [-0.15, -0.1) is 10.2 Å². The Hall–Kier alpha value is -2.62. The summed E-state index contributed by atoms with van der Waals surface area (Å²) in [6.07, 6.45) is 0. The number of aromatic nitrogens is 2. The standard InChI is InChI=1S/C22H24N4O3S2/c1-16(30-22-25-24-21(31-22)26-11-13-28-14-12-26)20(27)23-18-7-9-19(10-8-18)29-15-17-5-3-2-4-6-17/h2-10,16H,11-15H2,1H3,(H,23,27). The van der Waals surface area contributed by atoms with Crippen LogP contribution in [0.1, 0.15) is 12.5 Å². The van der Waals surface area contributed by atoms with Crippen LogP contribution in [0.25, 0.3) is 0 Å². The normalized spacial score (nSPS) is 14.8. The van der Waals surface area contributed by atoms with Crippen LogP contribution in [-0.4, -0.2) is 47.7 Å². The van der Waals surface area contributed by atoms with Gasteiger partial charge in [0.15, 0.2) is 4.34 Å². The molecule has 1 atom stereocenters. The molecule has 1 fully saturated rings. The number of rotatable bonds is 8. The van der Waals surface area contributed by atoms with E-state index >= 15 is 0 Å². The Morgan fingerprint density at radius 1 is 1.16 bits per heavy atom. The van der Waals surface area contributed by atoms with Gasteiger partial charge in [0.1, 0.15) is 12.4 Å². The molecule has 2 aromatic carbocycles. The van der Waals surface area contributed by atoms with E-state index in [2.05, 4.69) is 20.4 Å². The van der Waals surface area contributed by atoms with Gasteiger partial charge >= 0.3 is 0 Å². The first-order chi connectivity index (χ1) is 15.2. The lowest BCUT2D eigenvalue weighted by atomic mass is 10.2. The second-order valence-electron chi connectivity index (χ2n) is 7.00. The topological polar surface area (TPSA) is 76.6 Å². The number of benzene rings is 2. The molecule has 7 nitrogen and oxygen atoms in total. The Kier molecular flexibility index (Phi) is 7.39. The van der Waals surface area contributed by atoms with Crippen molar-refractivity contribution >= 4 is 39.8 Å². The average Bonchev–Trinajstić information content (AvgIpc) is 3.28. The molecule has 0 bridgehead atoms. The number of nitrogens with zero attached hydrogens (tertiary/aromatic N) is 3. The number of ether oxygens (including phenoxy) is 2. The first-order valence-electron chi connectivity index (χ1n) is 10.1. The van der Waals surface area contributed by atoms with E-state index < -0.39 is 0 Å². The van der Waals surface area contributed by atoms with Gasteiger partial charge in [-0.3, -0.25) is 4.79 Å². The summed E-state index contributed by atoms with van der Waals surface area (Å²) in [7, 11) is 0. The lowest BCUT2D eigenvalue weighted by molar-refractivity contribution is -0.115. The van der Waals surface area contributed by atoms with Gasteiger partial charge in [0.2, 0.25) is 11.0 Å². The Labute approximate surface area is 189 Å². The number of carbonyl (C=O) groups is 1. The Morgan fingerprint density at radius 2 is 1.90 bits per heavy atom. The van der Waals surface area contributed by atoms with Crippen molar-refractivity contribution in [3.8, 4) is 5.75 Å². The Morgan fingerprint density at radius 3 is 2.65 bits per heavy atom. The molecular formula is C22H24N4O3S2. The summed E-state index contributed by atoms with van der Waals surface area (Å²) in [6, 6.07) is 17.4. The van der Waals surface area contributed by atoms with E-state index in [1.165, 1.54) is 23.1 Å². The summed E-state index contributed by atoms with van der Waals surface area (Å²) in [5.74, 6) is 0.680. The van der Waals surface area contributed by atoms with Crippen molar-refractivity contribution < 1.29 is 14.3 Å². The fourth-order valence-corrected chi connectivity index (χ4v) is 4.99. The number of thioether (sulfide) groups is 1. The minimum atomic E-state index is -0.292. The van der Waals surface area contributed by atoms with E-state index in [1.807, 2.05) is 61.5 Å². The second-order valence-corrected chi connectivity index (χ2v) is 9.54. The highest BCUT2D eigenvalue weighted by Gasteiger charge is 2.20. The molecule has 1 saturated heterocycles. The predicted molar refractivity (Wildman–Crippen MR) is 124 cm³/mol. The number of amides is 1. The van der Waals surface area contributed by atoms with Crippen molar-refractivity contribution in [2.75, 3.05) is 36.5 Å². The van der Waals surface area contributed by atoms with Gasteiger partial charge < -0.3 is 19.7 Å². The van der Waals surface area contributed by atoms with Crippen LogP contribution in [0.3, 0.4) is 0 Å². The van der Waals surface area contributed by atoms with Gasteiger partial charge in [0, 0.05) is 18.8 Å². The molecule has 1 N–H and O–H groups in total. The Bertz CT molecular complexity index is 976. The highest BCUT2D eigenvalue weighted by Crippen LogP contribution is 2.31. The molecule has 1 amide bonds. The summed E-state index contributed by atoms with van der Waals surface area (Å²) in [6.45, 7) is 5.43. The van der Waals surface area contributed by atoms with Crippen LogP contribution in [-0.2, 0) is 16.1 Å². The van der Waals surface area contributed by atoms with Crippen molar-refractivity contribution in [1.29, 1.82) is 0 Å². The monoisotopic (exact) mass is 456 g/mol. The summed E-state index contributed by atoms with van der Waals surface area (Å²) in [4.78, 5) is 14.8. The molecule has 1 aliphatic heterocycles. The maximum atomic E-state index is 12.6. The lowest BCUT2D eigenvalue weighted by Crippen LogP contribution is -2.36. The van der Waals surface area contributed by atoms with Gasteiger partial charge in [-0.05, 0) is 36.8 Å². The van der Waals surface area contributed by atoms with Gasteiger partial charge in [-0.1, -0.05) is 53.4 Å². The van der Waals surface area contributed by atoms with Crippen LogP contribution in [0.4, 0.5) is 10.8 Å². The third-order valence-corrected chi connectivity index (χ3v) is 6.86. The van der Waals surface area contributed by atoms with E-state index in [1.54, 1.807) is 0 Å². The van der Waals surface area contributed by atoms with Crippen LogP contribution in [0.15, 0.2) is 58.9 Å². The second kappa shape index (κ2) is 10.6. The summed E-state index contributed by atoms with van der Waals surface area (Å²) < 4.78 is 11.9. The molecular weight excluding hydrogens is 432 g/mol. The quantitative estimate of drug-likeness (QED) is 0.512. The van der Waals surface area contributed by atoms with Gasteiger partial charge in [-0.2, -0.15) is 0 Å². The van der Waals surface area contributed by atoms with Crippen molar-refractivity contribution in [3.05, 3.63) is 60.2 Å². The molecule has 0 radical (unpaired) electrons. The molecule has 4 rings (SSSR count). The summed E-state index contributed by atoms with van der Waals surface area (Å²) in [5.41, 5.74) is 1.84. The molecule has 9 heteroatoms. The molecule has 1 unspecified atom stereocenters. The smallest absolute Gasteiger partial charge is 0.237 e. The maximum absolute atomic E-state index is 12.6. The van der Waals surface area contributed by atoms with Gasteiger partial charge in [-0.25, -0.2) is 0 Å². The molecule has 3 aromatic rings. The van der Waals surface area contributed by atoms with Crippen LogP contribution < -0.4 is 15.0 Å². The molecule has 1 aliphatic rings. The number of hydrogen-bond acceptors (Lipinski definition) is 8. The minimum absolute atomic E-state index is 0.0777. The first-order valence-corrected chi connectivity index (χ1v) is 11.8. The largest absolute Gasteiger partial charge is 0.489 e. The Balaban J connectivity index is 1.26. The van der Waals surface area contributed by atoms with Crippen molar-refractivity contribution in [1.82, 2.24) is 10.2 Å². The predicted octanol–water partition coefficient (Wildman–Crippen LogP) is 4.07. The third kappa shape index (κ3) is 6.19. The van der Waals surface area contributed by atoms with Crippen LogP contribution in [0.2, 0.25) is 0 Å². The summed E-state index contributed by atoms with van der Waals surface area (Å²) in [5, 5.41) is 12.0. The molecule has 31 heavy (non-hydrogen) atoms. The van der Waals surface area contributed by atoms with Crippen LogP contribution in [0.5, 0.6) is 5.75 Å². The van der Waals surface area contributed by atoms with Crippen molar-refractivity contribution in [2.45, 2.75) is 23.1 Å². The molecule has 2 heterocycles. The average molecular weight is 457 g/mol. The zero-order chi connectivity index (χ0) is 21.5. The first kappa shape index (κ1) is 21.6. The highest BCUT2D eigenvalue weighted by atomic mass is 32.2. The highest BCUT2D eigenvalue weighted by molar-refractivity contribution is 8.02. The molecule has 0 saturated carbocycles.